The van der Waals surface area contributed by atoms with Crippen molar-refractivity contribution in [2.24, 2.45) is 17.8 Å². The van der Waals surface area contributed by atoms with Gasteiger partial charge in [0.2, 0.25) is 5.91 Å². The lowest BCUT2D eigenvalue weighted by molar-refractivity contribution is -0.122. The van der Waals surface area contributed by atoms with Crippen molar-refractivity contribution in [3.63, 3.8) is 0 Å². The lowest BCUT2D eigenvalue weighted by Gasteiger charge is -2.28. The Balaban J connectivity index is 1.47. The number of carbonyl (C=O) groups excluding carboxylic acids is 1. The molecule has 3 rings (SSSR count). The number of amides is 1. The fourth-order valence-electron chi connectivity index (χ4n) is 4.29. The summed E-state index contributed by atoms with van der Waals surface area (Å²) >= 11 is 6.13. The minimum atomic E-state index is 0.158. The summed E-state index contributed by atoms with van der Waals surface area (Å²) < 4.78 is 0. The molecule has 0 aromatic heterocycles. The van der Waals surface area contributed by atoms with Crippen LogP contribution in [0.15, 0.2) is 24.3 Å². The van der Waals surface area contributed by atoms with E-state index in [1.807, 2.05) is 24.3 Å². The first-order valence-corrected chi connectivity index (χ1v) is 8.54. The average molecular weight is 306 g/mol. The molecule has 4 atom stereocenters. The first-order valence-electron chi connectivity index (χ1n) is 8.16. The smallest absolute Gasteiger partial charge is 0.220 e. The van der Waals surface area contributed by atoms with Crippen LogP contribution in [0.4, 0.5) is 0 Å². The maximum Gasteiger partial charge on any atom is 0.220 e. The lowest BCUT2D eigenvalue weighted by atomic mass is 9.84. The number of rotatable bonds is 5. The van der Waals surface area contributed by atoms with E-state index in [0.29, 0.717) is 18.4 Å². The van der Waals surface area contributed by atoms with Crippen molar-refractivity contribution in [2.45, 2.75) is 51.5 Å². The maximum absolute atomic E-state index is 12.1. The van der Waals surface area contributed by atoms with E-state index in [0.717, 1.165) is 28.8 Å². The van der Waals surface area contributed by atoms with Crippen molar-refractivity contribution >= 4 is 17.5 Å². The zero-order valence-corrected chi connectivity index (χ0v) is 13.4. The van der Waals surface area contributed by atoms with E-state index in [1.165, 1.54) is 25.7 Å². The molecule has 114 valence electrons. The Morgan fingerprint density at radius 1 is 1.33 bits per heavy atom. The van der Waals surface area contributed by atoms with Gasteiger partial charge in [0.05, 0.1) is 0 Å². The molecule has 0 saturated heterocycles. The van der Waals surface area contributed by atoms with Crippen LogP contribution in [0.3, 0.4) is 0 Å². The molecule has 2 saturated carbocycles. The predicted molar refractivity (Wildman–Crippen MR) is 86.3 cm³/mol. The molecule has 2 nitrogen and oxygen atoms in total. The van der Waals surface area contributed by atoms with Gasteiger partial charge in [-0.15, -0.1) is 0 Å². The first-order chi connectivity index (χ1) is 10.1. The molecule has 0 radical (unpaired) electrons. The SMILES string of the molecule is CC(NC(=O)CCc1ccccc1Cl)C1CC2CCC1C2. The molecule has 1 aromatic rings. The molecule has 1 amide bonds. The van der Waals surface area contributed by atoms with Crippen molar-refractivity contribution in [3.05, 3.63) is 34.9 Å². The van der Waals surface area contributed by atoms with Gasteiger partial charge in [-0.1, -0.05) is 36.2 Å². The summed E-state index contributed by atoms with van der Waals surface area (Å²) in [5, 5.41) is 3.97. The fourth-order valence-corrected chi connectivity index (χ4v) is 4.52. The molecule has 0 heterocycles. The highest BCUT2D eigenvalue weighted by atomic mass is 35.5. The number of hydrogen-bond donors (Lipinski definition) is 1. The van der Waals surface area contributed by atoms with Gasteiger partial charge in [-0.05, 0) is 62.0 Å². The van der Waals surface area contributed by atoms with Crippen molar-refractivity contribution in [1.29, 1.82) is 0 Å². The molecule has 21 heavy (non-hydrogen) atoms. The van der Waals surface area contributed by atoms with Crippen LogP contribution in [0.5, 0.6) is 0 Å². The van der Waals surface area contributed by atoms with Crippen LogP contribution in [-0.2, 0) is 11.2 Å². The minimum absolute atomic E-state index is 0.158. The summed E-state index contributed by atoms with van der Waals surface area (Å²) in [5.74, 6) is 2.65. The Kier molecular flexibility index (Phi) is 4.54. The van der Waals surface area contributed by atoms with Gasteiger partial charge in [-0.2, -0.15) is 0 Å². The van der Waals surface area contributed by atoms with E-state index in [9.17, 15) is 4.79 Å². The van der Waals surface area contributed by atoms with E-state index < -0.39 is 0 Å². The molecule has 0 aliphatic heterocycles. The molecular weight excluding hydrogens is 282 g/mol. The van der Waals surface area contributed by atoms with Gasteiger partial charge in [0.25, 0.3) is 0 Å². The molecule has 4 unspecified atom stereocenters. The van der Waals surface area contributed by atoms with E-state index >= 15 is 0 Å². The predicted octanol–water partition coefficient (Wildman–Crippen LogP) is 4.21. The van der Waals surface area contributed by atoms with Crippen LogP contribution < -0.4 is 5.32 Å². The van der Waals surface area contributed by atoms with Crippen LogP contribution in [0, 0.1) is 17.8 Å². The van der Waals surface area contributed by atoms with Gasteiger partial charge < -0.3 is 5.32 Å². The summed E-state index contributed by atoms with van der Waals surface area (Å²) in [5.41, 5.74) is 1.06. The average Bonchev–Trinajstić information content (AvgIpc) is 3.09. The summed E-state index contributed by atoms with van der Waals surface area (Å²) in [6.07, 6.45) is 6.73. The Labute approximate surface area is 132 Å². The summed E-state index contributed by atoms with van der Waals surface area (Å²) in [7, 11) is 0. The molecule has 2 fully saturated rings. The lowest BCUT2D eigenvalue weighted by Crippen LogP contribution is -2.40. The van der Waals surface area contributed by atoms with E-state index in [1.54, 1.807) is 0 Å². The number of benzene rings is 1. The van der Waals surface area contributed by atoms with Crippen molar-refractivity contribution in [3.8, 4) is 0 Å². The van der Waals surface area contributed by atoms with Crippen LogP contribution >= 0.6 is 11.6 Å². The Bertz CT molecular complexity index is 516. The largest absolute Gasteiger partial charge is 0.353 e. The van der Waals surface area contributed by atoms with Gasteiger partial charge in [-0.3, -0.25) is 4.79 Å². The minimum Gasteiger partial charge on any atom is -0.353 e. The summed E-state index contributed by atoms with van der Waals surface area (Å²) in [6.45, 7) is 2.18. The topological polar surface area (TPSA) is 29.1 Å². The normalized spacial score (nSPS) is 28.6. The second-order valence-corrected chi connectivity index (χ2v) is 7.19. The molecule has 1 aromatic carbocycles. The third-order valence-electron chi connectivity index (χ3n) is 5.40. The van der Waals surface area contributed by atoms with E-state index in [4.69, 9.17) is 11.6 Å². The number of fused-ring (bicyclic) bond motifs is 2. The highest BCUT2D eigenvalue weighted by Gasteiger charge is 2.41. The van der Waals surface area contributed by atoms with Gasteiger partial charge in [0.15, 0.2) is 0 Å². The van der Waals surface area contributed by atoms with Gasteiger partial charge >= 0.3 is 0 Å². The molecule has 2 bridgehead atoms. The Morgan fingerprint density at radius 3 is 2.81 bits per heavy atom. The molecule has 1 N–H and O–H groups in total. The van der Waals surface area contributed by atoms with Crippen LogP contribution in [0.2, 0.25) is 5.02 Å². The zero-order valence-electron chi connectivity index (χ0n) is 12.6. The quantitative estimate of drug-likeness (QED) is 0.867. The molecule has 3 heteroatoms. The second-order valence-electron chi connectivity index (χ2n) is 6.79. The van der Waals surface area contributed by atoms with Crippen molar-refractivity contribution in [1.82, 2.24) is 5.32 Å². The zero-order chi connectivity index (χ0) is 14.8. The third-order valence-corrected chi connectivity index (χ3v) is 5.77. The van der Waals surface area contributed by atoms with E-state index in [-0.39, 0.29) is 5.91 Å². The number of carbonyl (C=O) groups is 1. The van der Waals surface area contributed by atoms with Crippen molar-refractivity contribution < 1.29 is 4.79 Å². The van der Waals surface area contributed by atoms with Crippen LogP contribution in [0.1, 0.15) is 44.6 Å². The monoisotopic (exact) mass is 305 g/mol. The number of aryl methyl sites for hydroxylation is 1. The van der Waals surface area contributed by atoms with Gasteiger partial charge in [0, 0.05) is 17.5 Å². The number of hydrogen-bond acceptors (Lipinski definition) is 1. The van der Waals surface area contributed by atoms with Gasteiger partial charge in [0.1, 0.15) is 0 Å². The first kappa shape index (κ1) is 14.9. The number of halogens is 1. The Hall–Kier alpha value is -1.02. The standard InChI is InChI=1S/C18H24ClNO/c1-12(16-11-13-6-7-15(16)10-13)20-18(21)9-8-14-4-2-3-5-17(14)19/h2-5,12-13,15-16H,6-11H2,1H3,(H,20,21). The molecule has 0 spiro atoms. The summed E-state index contributed by atoms with van der Waals surface area (Å²) in [6, 6.07) is 8.08. The van der Waals surface area contributed by atoms with Crippen molar-refractivity contribution in [2.75, 3.05) is 0 Å². The molecule has 2 aliphatic carbocycles. The summed E-state index contributed by atoms with van der Waals surface area (Å²) in [4.78, 5) is 12.1. The highest BCUT2D eigenvalue weighted by Crippen LogP contribution is 2.49. The van der Waals surface area contributed by atoms with Crippen LogP contribution in [0.25, 0.3) is 0 Å². The third kappa shape index (κ3) is 3.42. The fraction of sp³-hybridized carbons (Fsp3) is 0.611. The van der Waals surface area contributed by atoms with Crippen LogP contribution in [-0.4, -0.2) is 11.9 Å². The number of nitrogens with one attached hydrogen (secondary N) is 1. The van der Waals surface area contributed by atoms with Gasteiger partial charge in [-0.25, -0.2) is 0 Å². The maximum atomic E-state index is 12.1. The van der Waals surface area contributed by atoms with E-state index in [2.05, 4.69) is 12.2 Å². The Morgan fingerprint density at radius 2 is 2.14 bits per heavy atom. The molecular formula is C18H24ClNO. The highest BCUT2D eigenvalue weighted by molar-refractivity contribution is 6.31. The second kappa shape index (κ2) is 6.39. The molecule has 2 aliphatic rings.